The maximum absolute atomic E-state index is 13.9. The molecule has 0 aliphatic carbocycles. The summed E-state index contributed by atoms with van der Waals surface area (Å²) in [5, 5.41) is 13.0. The fraction of sp³-hybridized carbons (Fsp3) is 0.231. The molecule has 7 heteroatoms. The predicted octanol–water partition coefficient (Wildman–Crippen LogP) is 2.07. The van der Waals surface area contributed by atoms with Gasteiger partial charge in [-0.05, 0) is 41.1 Å². The zero-order valence-corrected chi connectivity index (χ0v) is 12.3. The van der Waals surface area contributed by atoms with Crippen LogP contribution in [0.3, 0.4) is 0 Å². The van der Waals surface area contributed by atoms with Crippen molar-refractivity contribution in [2.24, 2.45) is 0 Å². The van der Waals surface area contributed by atoms with E-state index < -0.39 is 17.8 Å². The van der Waals surface area contributed by atoms with Crippen molar-refractivity contribution in [2.45, 2.75) is 18.9 Å². The minimum atomic E-state index is -0.697. The highest BCUT2D eigenvalue weighted by Crippen LogP contribution is 2.35. The molecule has 1 aromatic carbocycles. The summed E-state index contributed by atoms with van der Waals surface area (Å²) < 4.78 is 15.9. The number of halogens is 2. The van der Waals surface area contributed by atoms with E-state index in [-0.39, 0.29) is 30.0 Å². The van der Waals surface area contributed by atoms with E-state index in [4.69, 9.17) is 0 Å². The van der Waals surface area contributed by atoms with Crippen LogP contribution in [0.2, 0.25) is 0 Å². The Morgan fingerprint density at radius 2 is 2.10 bits per heavy atom. The number of aromatic nitrogens is 1. The van der Waals surface area contributed by atoms with Crippen LogP contribution in [0.15, 0.2) is 18.3 Å². The Hall–Kier alpha value is -1.64. The summed E-state index contributed by atoms with van der Waals surface area (Å²) in [7, 11) is 0. The van der Waals surface area contributed by atoms with Gasteiger partial charge in [0.1, 0.15) is 11.9 Å². The van der Waals surface area contributed by atoms with Gasteiger partial charge in [-0.15, -0.1) is 0 Å². The lowest BCUT2D eigenvalue weighted by Gasteiger charge is -2.22. The molecule has 1 aromatic heterocycles. The van der Waals surface area contributed by atoms with Gasteiger partial charge in [0.25, 0.3) is 0 Å². The highest BCUT2D eigenvalue weighted by atomic mass is 127. The molecule has 104 valence electrons. The van der Waals surface area contributed by atoms with Crippen LogP contribution in [-0.2, 0) is 9.59 Å². The lowest BCUT2D eigenvalue weighted by Crippen LogP contribution is -2.41. The molecule has 1 fully saturated rings. The second-order valence-corrected chi connectivity index (χ2v) is 5.92. The van der Waals surface area contributed by atoms with Gasteiger partial charge in [-0.3, -0.25) is 14.9 Å². The third kappa shape index (κ3) is 2.05. The smallest absolute Gasteiger partial charge is 0.249 e. The number of imide groups is 1. The van der Waals surface area contributed by atoms with Gasteiger partial charge >= 0.3 is 0 Å². The molecule has 0 bridgehead atoms. The number of benzene rings is 1. The molecule has 20 heavy (non-hydrogen) atoms. The summed E-state index contributed by atoms with van der Waals surface area (Å²) in [6.07, 6.45) is 1.90. The number of nitrogens with zero attached hydrogens (tertiary/aromatic N) is 1. The second kappa shape index (κ2) is 4.72. The monoisotopic (exact) mass is 388 g/mol. The van der Waals surface area contributed by atoms with E-state index >= 15 is 0 Å². The first-order valence-corrected chi connectivity index (χ1v) is 7.07. The summed E-state index contributed by atoms with van der Waals surface area (Å²) >= 11 is 1.96. The van der Waals surface area contributed by atoms with Gasteiger partial charge in [-0.1, -0.05) is 0 Å². The first-order chi connectivity index (χ1) is 9.47. The molecule has 5 nitrogen and oxygen atoms in total. The zero-order chi connectivity index (χ0) is 14.4. The molecular formula is C13H10FIN2O3. The van der Waals surface area contributed by atoms with Crippen LogP contribution in [0.4, 0.5) is 4.39 Å². The van der Waals surface area contributed by atoms with Gasteiger partial charge in [-0.25, -0.2) is 4.39 Å². The first-order valence-electron chi connectivity index (χ1n) is 5.99. The number of aromatic hydroxyl groups is 1. The predicted molar refractivity (Wildman–Crippen MR) is 77.7 cm³/mol. The zero-order valence-electron chi connectivity index (χ0n) is 10.2. The molecule has 3 rings (SSSR count). The van der Waals surface area contributed by atoms with E-state index in [1.807, 2.05) is 22.6 Å². The molecule has 1 unspecified atom stereocenters. The van der Waals surface area contributed by atoms with Crippen LogP contribution in [0.25, 0.3) is 10.8 Å². The summed E-state index contributed by atoms with van der Waals surface area (Å²) in [4.78, 5) is 23.0. The number of carbonyl (C=O) groups excluding carboxylic acids is 2. The van der Waals surface area contributed by atoms with Crippen molar-refractivity contribution in [3.8, 4) is 5.88 Å². The molecule has 1 aliphatic rings. The Kier molecular flexibility index (Phi) is 3.15. The van der Waals surface area contributed by atoms with Crippen molar-refractivity contribution in [1.82, 2.24) is 9.88 Å². The Balaban J connectivity index is 2.13. The SMILES string of the molecule is O=C1CCC(n2cc3c(F)cc(I)cc3c2O)C(=O)N1. The summed E-state index contributed by atoms with van der Waals surface area (Å²) in [6.45, 7) is 0. The number of amides is 2. The quantitative estimate of drug-likeness (QED) is 0.581. The molecule has 2 N–H and O–H groups in total. The van der Waals surface area contributed by atoms with E-state index in [1.165, 1.54) is 16.8 Å². The average Bonchev–Trinajstić information content (AvgIpc) is 2.68. The maximum Gasteiger partial charge on any atom is 0.249 e. The molecule has 0 saturated carbocycles. The molecule has 2 aromatic rings. The molecule has 2 amide bonds. The Bertz CT molecular complexity index is 741. The second-order valence-electron chi connectivity index (χ2n) is 4.68. The molecule has 1 aliphatic heterocycles. The van der Waals surface area contributed by atoms with Crippen LogP contribution >= 0.6 is 22.6 Å². The molecule has 1 atom stereocenters. The molecule has 2 heterocycles. The fourth-order valence-electron chi connectivity index (χ4n) is 2.43. The first kappa shape index (κ1) is 13.3. The van der Waals surface area contributed by atoms with Gasteiger partial charge in [0.05, 0.1) is 0 Å². The Morgan fingerprint density at radius 1 is 1.35 bits per heavy atom. The molecule has 1 saturated heterocycles. The van der Waals surface area contributed by atoms with E-state index in [9.17, 15) is 19.1 Å². The van der Waals surface area contributed by atoms with E-state index in [1.54, 1.807) is 6.07 Å². The van der Waals surface area contributed by atoms with Crippen molar-refractivity contribution >= 4 is 45.2 Å². The third-order valence-corrected chi connectivity index (χ3v) is 4.02. The molecular weight excluding hydrogens is 378 g/mol. The largest absolute Gasteiger partial charge is 0.494 e. The highest BCUT2D eigenvalue weighted by Gasteiger charge is 2.30. The number of rotatable bonds is 1. The van der Waals surface area contributed by atoms with Gasteiger partial charge < -0.3 is 9.67 Å². The number of carbonyl (C=O) groups is 2. The maximum atomic E-state index is 13.9. The molecule has 0 spiro atoms. The van der Waals surface area contributed by atoms with E-state index in [2.05, 4.69) is 5.32 Å². The normalized spacial score (nSPS) is 19.4. The van der Waals surface area contributed by atoms with Crippen molar-refractivity contribution in [1.29, 1.82) is 0 Å². The number of hydrogen-bond acceptors (Lipinski definition) is 3. The van der Waals surface area contributed by atoms with Gasteiger partial charge in [0.15, 0.2) is 5.88 Å². The van der Waals surface area contributed by atoms with Crippen LogP contribution < -0.4 is 5.32 Å². The van der Waals surface area contributed by atoms with E-state index in [0.29, 0.717) is 8.96 Å². The number of fused-ring (bicyclic) bond motifs is 1. The summed E-state index contributed by atoms with van der Waals surface area (Å²) in [5.41, 5.74) is 0. The third-order valence-electron chi connectivity index (χ3n) is 3.39. The fourth-order valence-corrected chi connectivity index (χ4v) is 3.01. The van der Waals surface area contributed by atoms with Crippen LogP contribution in [-0.4, -0.2) is 21.5 Å². The van der Waals surface area contributed by atoms with Crippen LogP contribution in [0.5, 0.6) is 5.88 Å². The highest BCUT2D eigenvalue weighted by molar-refractivity contribution is 14.1. The standard InChI is InChI=1S/C13H10FIN2O3/c14-9-4-6(15)3-7-8(9)5-17(13(7)20)10-1-2-11(18)16-12(10)19/h3-5,10,20H,1-2H2,(H,16,18,19). The van der Waals surface area contributed by atoms with Crippen molar-refractivity contribution < 1.29 is 19.1 Å². The number of hydrogen-bond donors (Lipinski definition) is 2. The van der Waals surface area contributed by atoms with Crippen molar-refractivity contribution in [2.75, 3.05) is 0 Å². The van der Waals surface area contributed by atoms with Crippen molar-refractivity contribution in [3.05, 3.63) is 27.7 Å². The van der Waals surface area contributed by atoms with E-state index in [0.717, 1.165) is 0 Å². The van der Waals surface area contributed by atoms with Crippen molar-refractivity contribution in [3.63, 3.8) is 0 Å². The Labute approximate surface area is 126 Å². The lowest BCUT2D eigenvalue weighted by molar-refractivity contribution is -0.135. The summed E-state index contributed by atoms with van der Waals surface area (Å²) in [6, 6.07) is 2.31. The van der Waals surface area contributed by atoms with Crippen LogP contribution in [0, 0.1) is 9.39 Å². The Morgan fingerprint density at radius 3 is 2.80 bits per heavy atom. The van der Waals surface area contributed by atoms with Crippen LogP contribution in [0.1, 0.15) is 18.9 Å². The lowest BCUT2D eigenvalue weighted by atomic mass is 10.1. The topological polar surface area (TPSA) is 71.3 Å². The van der Waals surface area contributed by atoms with Gasteiger partial charge in [-0.2, -0.15) is 0 Å². The van der Waals surface area contributed by atoms with Gasteiger partial charge in [0.2, 0.25) is 11.8 Å². The number of piperidine rings is 1. The van der Waals surface area contributed by atoms with Gasteiger partial charge in [0, 0.05) is 27.0 Å². The summed E-state index contributed by atoms with van der Waals surface area (Å²) in [5.74, 6) is -1.42. The molecule has 0 radical (unpaired) electrons. The number of nitrogens with one attached hydrogen (secondary N) is 1. The minimum Gasteiger partial charge on any atom is -0.494 e. The average molecular weight is 388 g/mol. The minimum absolute atomic E-state index is 0.160.